The molecule has 0 N–H and O–H groups in total. The minimum absolute atomic E-state index is 0.251. The van der Waals surface area contributed by atoms with E-state index in [2.05, 4.69) is 4.98 Å². The molecule has 7 heteroatoms. The maximum atomic E-state index is 13.3. The van der Waals surface area contributed by atoms with Crippen LogP contribution in [0.15, 0.2) is 53.9 Å². The van der Waals surface area contributed by atoms with Crippen LogP contribution < -0.4 is 9.64 Å². The Morgan fingerprint density at radius 1 is 1.32 bits per heavy atom. The summed E-state index contributed by atoms with van der Waals surface area (Å²) in [7, 11) is 0. The Hall–Kier alpha value is -3.24. The van der Waals surface area contributed by atoms with E-state index in [0.717, 1.165) is 10.7 Å². The molecule has 1 heterocycles. The molecule has 1 aromatic heterocycles. The number of aromatic nitrogens is 1. The summed E-state index contributed by atoms with van der Waals surface area (Å²) in [5.74, 6) is -0.235. The third-order valence-corrected chi connectivity index (χ3v) is 4.84. The molecule has 5 nitrogen and oxygen atoms in total. The summed E-state index contributed by atoms with van der Waals surface area (Å²) in [6, 6.07) is 14.4. The molecule has 3 rings (SSSR count). The van der Waals surface area contributed by atoms with Crippen LogP contribution >= 0.6 is 11.3 Å². The zero-order valence-corrected chi connectivity index (χ0v) is 16.2. The predicted octanol–water partition coefficient (Wildman–Crippen LogP) is 4.46. The van der Waals surface area contributed by atoms with Crippen LogP contribution in [-0.4, -0.2) is 17.0 Å². The van der Waals surface area contributed by atoms with Crippen LogP contribution in [0.3, 0.4) is 0 Å². The number of carbonyl (C=O) groups is 1. The maximum Gasteiger partial charge on any atom is 0.268 e. The van der Waals surface area contributed by atoms with E-state index in [0.29, 0.717) is 17.0 Å². The van der Waals surface area contributed by atoms with E-state index >= 15 is 0 Å². The molecule has 0 spiro atoms. The molecule has 1 unspecified atom stereocenters. The molecular weight excluding hydrogens is 377 g/mol. The number of hydrogen-bond donors (Lipinski definition) is 0. The third kappa shape index (κ3) is 4.72. The second-order valence-electron chi connectivity index (χ2n) is 6.16. The van der Waals surface area contributed by atoms with Crippen molar-refractivity contribution in [3.8, 4) is 11.8 Å². The monoisotopic (exact) mass is 395 g/mol. The number of nitrogens with zero attached hydrogens (tertiary/aromatic N) is 3. The summed E-state index contributed by atoms with van der Waals surface area (Å²) >= 11 is 1.50. The highest BCUT2D eigenvalue weighted by molar-refractivity contribution is 7.09. The first kappa shape index (κ1) is 19.5. The first-order valence-corrected chi connectivity index (χ1v) is 9.49. The summed E-state index contributed by atoms with van der Waals surface area (Å²) in [6.07, 6.45) is -0.807. The fraction of sp³-hybridized carbons (Fsp3) is 0.190. The zero-order chi connectivity index (χ0) is 20.1. The molecule has 2 aromatic carbocycles. The number of rotatable bonds is 6. The van der Waals surface area contributed by atoms with Gasteiger partial charge >= 0.3 is 0 Å². The summed E-state index contributed by atoms with van der Waals surface area (Å²) < 4.78 is 19.1. The molecule has 28 heavy (non-hydrogen) atoms. The van der Waals surface area contributed by atoms with Gasteiger partial charge < -0.3 is 9.64 Å². The van der Waals surface area contributed by atoms with E-state index < -0.39 is 6.10 Å². The number of nitriles is 1. The van der Waals surface area contributed by atoms with Gasteiger partial charge in [-0.2, -0.15) is 5.26 Å². The normalized spacial score (nSPS) is 11.5. The number of carbonyl (C=O) groups excluding carboxylic acids is 1. The zero-order valence-electron chi connectivity index (χ0n) is 15.4. The minimum Gasteiger partial charge on any atom is -0.481 e. The van der Waals surface area contributed by atoms with E-state index in [-0.39, 0.29) is 18.3 Å². The van der Waals surface area contributed by atoms with E-state index in [1.807, 2.05) is 18.4 Å². The number of ether oxygens (including phenoxy) is 1. The topological polar surface area (TPSA) is 66.2 Å². The van der Waals surface area contributed by atoms with E-state index in [4.69, 9.17) is 10.00 Å². The first-order chi connectivity index (χ1) is 13.5. The van der Waals surface area contributed by atoms with Crippen LogP contribution in [0, 0.1) is 24.1 Å². The van der Waals surface area contributed by atoms with Crippen molar-refractivity contribution in [1.29, 1.82) is 5.26 Å². The van der Waals surface area contributed by atoms with Crippen molar-refractivity contribution in [3.63, 3.8) is 0 Å². The highest BCUT2D eigenvalue weighted by atomic mass is 32.1. The van der Waals surface area contributed by atoms with E-state index in [9.17, 15) is 9.18 Å². The first-order valence-electron chi connectivity index (χ1n) is 8.61. The fourth-order valence-electron chi connectivity index (χ4n) is 2.67. The second kappa shape index (κ2) is 8.63. The van der Waals surface area contributed by atoms with Crippen molar-refractivity contribution in [3.05, 3.63) is 76.0 Å². The van der Waals surface area contributed by atoms with Gasteiger partial charge in [-0.3, -0.25) is 4.79 Å². The van der Waals surface area contributed by atoms with Crippen molar-refractivity contribution >= 4 is 22.9 Å². The van der Waals surface area contributed by atoms with Gasteiger partial charge in [0.25, 0.3) is 5.91 Å². The summed E-state index contributed by atoms with van der Waals surface area (Å²) in [5, 5.41) is 11.8. The van der Waals surface area contributed by atoms with Crippen molar-refractivity contribution in [1.82, 2.24) is 4.98 Å². The molecule has 0 saturated carbocycles. The molecule has 0 aliphatic rings. The van der Waals surface area contributed by atoms with Crippen LogP contribution in [0.1, 0.15) is 23.2 Å². The van der Waals surface area contributed by atoms with Crippen LogP contribution in [-0.2, 0) is 11.3 Å². The lowest BCUT2D eigenvalue weighted by Crippen LogP contribution is -2.40. The Kier molecular flexibility index (Phi) is 6.02. The smallest absolute Gasteiger partial charge is 0.268 e. The lowest BCUT2D eigenvalue weighted by atomic mass is 10.2. The van der Waals surface area contributed by atoms with Gasteiger partial charge in [0.2, 0.25) is 0 Å². The molecule has 1 amide bonds. The molecule has 1 atom stereocenters. The summed E-state index contributed by atoms with van der Waals surface area (Å²) in [4.78, 5) is 19.1. The standard InChI is InChI=1S/C21H18FN3O2S/c1-14(27-20-5-3-4-16(10-20)11-23)21(26)25(12-18-13-28-15(2)24-18)19-8-6-17(22)7-9-19/h3-10,13-14H,12H2,1-2H3. The van der Waals surface area contributed by atoms with Crippen molar-refractivity contribution in [2.45, 2.75) is 26.5 Å². The Morgan fingerprint density at radius 2 is 2.07 bits per heavy atom. The lowest BCUT2D eigenvalue weighted by Gasteiger charge is -2.25. The Morgan fingerprint density at radius 3 is 2.71 bits per heavy atom. The maximum absolute atomic E-state index is 13.3. The highest BCUT2D eigenvalue weighted by Crippen LogP contribution is 2.22. The van der Waals surface area contributed by atoms with Gasteiger partial charge in [-0.25, -0.2) is 9.37 Å². The van der Waals surface area contributed by atoms with Crippen LogP contribution in [0.2, 0.25) is 0 Å². The molecule has 0 radical (unpaired) electrons. The molecule has 3 aromatic rings. The van der Waals surface area contributed by atoms with Gasteiger partial charge in [-0.15, -0.1) is 11.3 Å². The Labute approximate surface area is 166 Å². The number of amides is 1. The van der Waals surface area contributed by atoms with Gasteiger partial charge in [0.1, 0.15) is 11.6 Å². The Bertz CT molecular complexity index is 1010. The Balaban J connectivity index is 1.84. The fourth-order valence-corrected chi connectivity index (χ4v) is 3.28. The third-order valence-electron chi connectivity index (χ3n) is 4.01. The number of anilines is 1. The molecular formula is C21H18FN3O2S. The molecule has 0 aliphatic heterocycles. The number of hydrogen-bond acceptors (Lipinski definition) is 5. The average Bonchev–Trinajstić information content (AvgIpc) is 3.11. The summed E-state index contributed by atoms with van der Waals surface area (Å²) in [6.45, 7) is 3.79. The van der Waals surface area contributed by atoms with Crippen molar-refractivity contribution in [2.75, 3.05) is 4.90 Å². The lowest BCUT2D eigenvalue weighted by molar-refractivity contribution is -0.124. The molecule has 142 valence electrons. The van der Waals surface area contributed by atoms with Gasteiger partial charge in [-0.05, 0) is 56.3 Å². The number of benzene rings is 2. The van der Waals surface area contributed by atoms with Gasteiger partial charge in [0.05, 0.1) is 28.9 Å². The SMILES string of the molecule is Cc1nc(CN(C(=O)C(C)Oc2cccc(C#N)c2)c2ccc(F)cc2)cs1. The van der Waals surface area contributed by atoms with Crippen LogP contribution in [0.5, 0.6) is 5.75 Å². The number of aryl methyl sites for hydroxylation is 1. The predicted molar refractivity (Wildman–Crippen MR) is 106 cm³/mol. The quantitative estimate of drug-likeness (QED) is 0.618. The van der Waals surface area contributed by atoms with E-state index in [1.165, 1.54) is 28.4 Å². The number of thiazole rings is 1. The molecule has 0 aliphatic carbocycles. The van der Waals surface area contributed by atoms with Gasteiger partial charge in [0.15, 0.2) is 6.10 Å². The van der Waals surface area contributed by atoms with Crippen LogP contribution in [0.25, 0.3) is 0 Å². The van der Waals surface area contributed by atoms with Crippen molar-refractivity contribution in [2.24, 2.45) is 0 Å². The average molecular weight is 395 g/mol. The molecule has 0 saturated heterocycles. The van der Waals surface area contributed by atoms with Crippen molar-refractivity contribution < 1.29 is 13.9 Å². The minimum atomic E-state index is -0.807. The molecule has 0 fully saturated rings. The van der Waals surface area contributed by atoms with E-state index in [1.54, 1.807) is 43.3 Å². The number of halogens is 1. The highest BCUT2D eigenvalue weighted by Gasteiger charge is 2.25. The van der Waals surface area contributed by atoms with Gasteiger partial charge in [0, 0.05) is 11.1 Å². The molecule has 0 bridgehead atoms. The summed E-state index contributed by atoms with van der Waals surface area (Å²) in [5.41, 5.74) is 1.75. The largest absolute Gasteiger partial charge is 0.481 e. The second-order valence-corrected chi connectivity index (χ2v) is 7.22. The van der Waals surface area contributed by atoms with Gasteiger partial charge in [-0.1, -0.05) is 6.07 Å². The van der Waals surface area contributed by atoms with Crippen LogP contribution in [0.4, 0.5) is 10.1 Å².